The molecule has 0 spiro atoms. The molecule has 0 aromatic heterocycles. The molecule has 0 aliphatic rings. The predicted octanol–water partition coefficient (Wildman–Crippen LogP) is 4.71. The average Bonchev–Trinajstić information content (AvgIpc) is 2.20. The van der Waals surface area contributed by atoms with E-state index in [4.69, 9.17) is 0 Å². The van der Waals surface area contributed by atoms with Gasteiger partial charge in [0.15, 0.2) is 0 Å². The Kier molecular flexibility index (Phi) is 11.5. The van der Waals surface area contributed by atoms with E-state index in [1.807, 2.05) is 0 Å². The van der Waals surface area contributed by atoms with E-state index in [-0.39, 0.29) is 0 Å². The molecule has 0 heterocycles. The van der Waals surface area contributed by atoms with Gasteiger partial charge >= 0.3 is 0 Å². The SMILES string of the molecule is CCCCCCCC[PH](=O)CCCC. The van der Waals surface area contributed by atoms with E-state index >= 15 is 0 Å². The third kappa shape index (κ3) is 10.3. The van der Waals surface area contributed by atoms with Crippen LogP contribution in [0.15, 0.2) is 0 Å². The van der Waals surface area contributed by atoms with Crippen LogP contribution in [-0.4, -0.2) is 12.3 Å². The van der Waals surface area contributed by atoms with E-state index in [9.17, 15) is 4.57 Å². The Hall–Kier alpha value is 0.230. The molecule has 1 unspecified atom stereocenters. The number of hydrogen-bond acceptors (Lipinski definition) is 1. The summed E-state index contributed by atoms with van der Waals surface area (Å²) in [4.78, 5) is 0. The fraction of sp³-hybridized carbons (Fsp3) is 1.00. The molecule has 86 valence electrons. The van der Waals surface area contributed by atoms with E-state index in [0.29, 0.717) is 0 Å². The minimum absolute atomic E-state index is 0.996. The molecule has 0 aromatic carbocycles. The van der Waals surface area contributed by atoms with Crippen LogP contribution >= 0.6 is 7.80 Å². The van der Waals surface area contributed by atoms with E-state index in [1.165, 1.54) is 44.9 Å². The number of hydrogen-bond donors (Lipinski definition) is 0. The highest BCUT2D eigenvalue weighted by molar-refractivity contribution is 7.44. The van der Waals surface area contributed by atoms with Gasteiger partial charge in [-0.05, 0) is 25.2 Å². The second-order valence-electron chi connectivity index (χ2n) is 4.16. The monoisotopic (exact) mass is 218 g/mol. The van der Waals surface area contributed by atoms with Crippen molar-refractivity contribution in [1.82, 2.24) is 0 Å². The van der Waals surface area contributed by atoms with Crippen molar-refractivity contribution < 1.29 is 4.57 Å². The van der Waals surface area contributed by atoms with E-state index < -0.39 is 7.80 Å². The maximum Gasteiger partial charge on any atom is 0.0762 e. The molecule has 0 bridgehead atoms. The maximum atomic E-state index is 11.5. The van der Waals surface area contributed by atoms with E-state index in [0.717, 1.165) is 18.7 Å². The first-order chi connectivity index (χ1) is 6.81. The summed E-state index contributed by atoms with van der Waals surface area (Å²) in [5.41, 5.74) is 0. The summed E-state index contributed by atoms with van der Waals surface area (Å²) < 4.78 is 11.5. The maximum absolute atomic E-state index is 11.5. The van der Waals surface area contributed by atoms with Gasteiger partial charge in [-0.2, -0.15) is 0 Å². The van der Waals surface area contributed by atoms with Gasteiger partial charge in [0.2, 0.25) is 0 Å². The summed E-state index contributed by atoms with van der Waals surface area (Å²) in [5.74, 6) is 0. The van der Waals surface area contributed by atoms with Crippen LogP contribution in [0, 0.1) is 0 Å². The van der Waals surface area contributed by atoms with Crippen molar-refractivity contribution in [2.45, 2.75) is 65.2 Å². The number of unbranched alkanes of at least 4 members (excludes halogenated alkanes) is 6. The van der Waals surface area contributed by atoms with Crippen molar-refractivity contribution in [3.63, 3.8) is 0 Å². The van der Waals surface area contributed by atoms with Crippen LogP contribution in [0.1, 0.15) is 65.2 Å². The molecule has 0 amide bonds. The minimum atomic E-state index is -1.19. The Bertz CT molecular complexity index is 134. The molecule has 0 saturated carbocycles. The summed E-state index contributed by atoms with van der Waals surface area (Å²) in [6, 6.07) is 0. The molecule has 0 aromatic rings. The lowest BCUT2D eigenvalue weighted by molar-refractivity contribution is 0.579. The van der Waals surface area contributed by atoms with Crippen LogP contribution in [0.2, 0.25) is 0 Å². The highest BCUT2D eigenvalue weighted by Crippen LogP contribution is 2.24. The second kappa shape index (κ2) is 11.3. The Labute approximate surface area is 90.5 Å². The molecule has 0 fully saturated rings. The topological polar surface area (TPSA) is 17.1 Å². The van der Waals surface area contributed by atoms with Crippen LogP contribution < -0.4 is 0 Å². The Morgan fingerprint density at radius 1 is 0.714 bits per heavy atom. The molecular formula is C12H27OP. The molecule has 14 heavy (non-hydrogen) atoms. The van der Waals surface area contributed by atoms with Gasteiger partial charge in [0.25, 0.3) is 0 Å². The molecule has 2 heteroatoms. The van der Waals surface area contributed by atoms with Crippen molar-refractivity contribution >= 4 is 7.80 Å². The highest BCUT2D eigenvalue weighted by Gasteiger charge is 1.98. The lowest BCUT2D eigenvalue weighted by Gasteiger charge is -2.01. The van der Waals surface area contributed by atoms with Crippen molar-refractivity contribution in [2.75, 3.05) is 12.3 Å². The largest absolute Gasteiger partial charge is 0.327 e. The van der Waals surface area contributed by atoms with Crippen molar-refractivity contribution in [1.29, 1.82) is 0 Å². The lowest BCUT2D eigenvalue weighted by atomic mass is 10.1. The van der Waals surface area contributed by atoms with Crippen LogP contribution in [0.5, 0.6) is 0 Å². The zero-order valence-electron chi connectivity index (χ0n) is 9.98. The molecule has 0 saturated heterocycles. The summed E-state index contributed by atoms with van der Waals surface area (Å²) in [6.07, 6.45) is 12.2. The average molecular weight is 218 g/mol. The van der Waals surface area contributed by atoms with Crippen LogP contribution in [-0.2, 0) is 4.57 Å². The first-order valence-corrected chi connectivity index (χ1v) is 8.15. The first kappa shape index (κ1) is 14.2. The summed E-state index contributed by atoms with van der Waals surface area (Å²) >= 11 is 0. The highest BCUT2D eigenvalue weighted by atomic mass is 31.1. The smallest absolute Gasteiger partial charge is 0.0762 e. The van der Waals surface area contributed by atoms with Gasteiger partial charge in [-0.3, -0.25) is 0 Å². The molecule has 0 radical (unpaired) electrons. The second-order valence-corrected chi connectivity index (χ2v) is 6.24. The Morgan fingerprint density at radius 2 is 1.21 bits per heavy atom. The van der Waals surface area contributed by atoms with Crippen molar-refractivity contribution in [3.8, 4) is 0 Å². The van der Waals surface area contributed by atoms with Gasteiger partial charge in [0.1, 0.15) is 0 Å². The molecule has 0 N–H and O–H groups in total. The summed E-state index contributed by atoms with van der Waals surface area (Å²) in [5, 5.41) is 0. The summed E-state index contributed by atoms with van der Waals surface area (Å²) in [7, 11) is -1.19. The molecule has 1 atom stereocenters. The lowest BCUT2D eigenvalue weighted by Crippen LogP contribution is -1.85. The Morgan fingerprint density at radius 3 is 1.86 bits per heavy atom. The molecule has 0 rings (SSSR count). The van der Waals surface area contributed by atoms with E-state index in [2.05, 4.69) is 13.8 Å². The standard InChI is InChI=1S/C12H27OP/c1-3-5-7-8-9-10-12-14(13)11-6-4-2/h14H,3-12H2,1-2H3. The van der Waals surface area contributed by atoms with Gasteiger partial charge in [-0.25, -0.2) is 0 Å². The zero-order valence-corrected chi connectivity index (χ0v) is 11.0. The van der Waals surface area contributed by atoms with Gasteiger partial charge in [-0.15, -0.1) is 0 Å². The first-order valence-electron chi connectivity index (χ1n) is 6.33. The van der Waals surface area contributed by atoms with Crippen molar-refractivity contribution in [3.05, 3.63) is 0 Å². The van der Waals surface area contributed by atoms with Crippen LogP contribution in [0.25, 0.3) is 0 Å². The van der Waals surface area contributed by atoms with Gasteiger partial charge in [-0.1, -0.05) is 52.4 Å². The molecule has 1 nitrogen and oxygen atoms in total. The molecular weight excluding hydrogens is 191 g/mol. The quantitative estimate of drug-likeness (QED) is 0.383. The van der Waals surface area contributed by atoms with Gasteiger partial charge in [0.05, 0.1) is 7.80 Å². The van der Waals surface area contributed by atoms with Crippen molar-refractivity contribution in [2.24, 2.45) is 0 Å². The normalized spacial score (nSPS) is 13.0. The zero-order chi connectivity index (χ0) is 10.6. The Balaban J connectivity index is 3.07. The molecule has 0 aliphatic heterocycles. The number of rotatable bonds is 10. The van der Waals surface area contributed by atoms with Gasteiger partial charge < -0.3 is 4.57 Å². The fourth-order valence-electron chi connectivity index (χ4n) is 1.60. The van der Waals surface area contributed by atoms with Crippen LogP contribution in [0.4, 0.5) is 0 Å². The third-order valence-electron chi connectivity index (χ3n) is 2.62. The van der Waals surface area contributed by atoms with E-state index in [1.54, 1.807) is 0 Å². The third-order valence-corrected chi connectivity index (χ3v) is 4.44. The summed E-state index contributed by atoms with van der Waals surface area (Å²) in [6.45, 7) is 4.41. The van der Waals surface area contributed by atoms with Gasteiger partial charge in [0, 0.05) is 0 Å². The predicted molar refractivity (Wildman–Crippen MR) is 67.0 cm³/mol. The minimum Gasteiger partial charge on any atom is -0.327 e. The van der Waals surface area contributed by atoms with Crippen LogP contribution in [0.3, 0.4) is 0 Å². The fourth-order valence-corrected chi connectivity index (χ4v) is 3.24. The molecule has 0 aliphatic carbocycles.